The van der Waals surface area contributed by atoms with Crippen molar-refractivity contribution in [2.75, 3.05) is 32.1 Å². The number of fused-ring (bicyclic) bond motifs is 1. The Bertz CT molecular complexity index is 736. The quantitative estimate of drug-likeness (QED) is 0.801. The molecule has 0 spiro atoms. The molecule has 0 unspecified atom stereocenters. The Morgan fingerprint density at radius 2 is 2.25 bits per heavy atom. The first-order valence-electron chi connectivity index (χ1n) is 7.86. The smallest absolute Gasteiger partial charge is 0.260 e. The fraction of sp³-hybridized carbons (Fsp3) is 0.562. The van der Waals surface area contributed by atoms with Gasteiger partial charge in [0.2, 0.25) is 0 Å². The van der Waals surface area contributed by atoms with Gasteiger partial charge in [-0.15, -0.1) is 0 Å². The van der Waals surface area contributed by atoms with Gasteiger partial charge in [0.25, 0.3) is 5.91 Å². The second-order valence-electron chi connectivity index (χ2n) is 6.12. The maximum Gasteiger partial charge on any atom is 0.260 e. The van der Waals surface area contributed by atoms with Gasteiger partial charge in [0.05, 0.1) is 18.4 Å². The van der Waals surface area contributed by atoms with Gasteiger partial charge in [-0.25, -0.2) is 8.42 Å². The number of hydrogen-bond donors (Lipinski definition) is 0. The van der Waals surface area contributed by atoms with Crippen LogP contribution in [0.2, 0.25) is 5.02 Å². The molecule has 24 heavy (non-hydrogen) atoms. The van der Waals surface area contributed by atoms with Gasteiger partial charge in [-0.05, 0) is 37.1 Å². The second kappa shape index (κ2) is 6.90. The number of rotatable bonds is 3. The molecule has 1 amide bonds. The van der Waals surface area contributed by atoms with Crippen molar-refractivity contribution in [2.45, 2.75) is 24.6 Å². The minimum Gasteiger partial charge on any atom is -0.483 e. The van der Waals surface area contributed by atoms with Crippen LogP contribution in [0.4, 0.5) is 0 Å². The van der Waals surface area contributed by atoms with E-state index in [9.17, 15) is 13.2 Å². The summed E-state index contributed by atoms with van der Waals surface area (Å²) in [6.07, 6.45) is 0.537. The third-order valence-corrected chi connectivity index (χ3v) is 6.92. The predicted molar refractivity (Wildman–Crippen MR) is 90.2 cm³/mol. The number of sulfone groups is 1. The SMILES string of the molecule is Cc1cc(Cl)ccc1OCC(=O)N1CCS(=O)(=O)[C@@H]2COCC[C@@H]21. The van der Waals surface area contributed by atoms with E-state index in [4.69, 9.17) is 21.1 Å². The van der Waals surface area contributed by atoms with Gasteiger partial charge in [-0.1, -0.05) is 11.6 Å². The molecule has 2 aliphatic rings. The normalized spacial score (nSPS) is 25.8. The molecule has 0 bridgehead atoms. The average Bonchev–Trinajstić information content (AvgIpc) is 2.54. The largest absolute Gasteiger partial charge is 0.483 e. The lowest BCUT2D eigenvalue weighted by Gasteiger charge is -2.43. The molecule has 0 saturated carbocycles. The first kappa shape index (κ1) is 17.5. The third kappa shape index (κ3) is 3.53. The van der Waals surface area contributed by atoms with E-state index in [0.29, 0.717) is 23.8 Å². The van der Waals surface area contributed by atoms with Crippen molar-refractivity contribution in [1.29, 1.82) is 0 Å². The van der Waals surface area contributed by atoms with E-state index in [-0.39, 0.29) is 37.5 Å². The summed E-state index contributed by atoms with van der Waals surface area (Å²) < 4.78 is 35.3. The van der Waals surface area contributed by atoms with Crippen molar-refractivity contribution < 1.29 is 22.7 Å². The van der Waals surface area contributed by atoms with E-state index in [1.165, 1.54) is 0 Å². The Hall–Kier alpha value is -1.31. The molecule has 132 valence electrons. The van der Waals surface area contributed by atoms with Crippen LogP contribution in [0, 0.1) is 6.92 Å². The topological polar surface area (TPSA) is 72.9 Å². The number of carbonyl (C=O) groups excluding carboxylic acids is 1. The van der Waals surface area contributed by atoms with Gasteiger partial charge < -0.3 is 14.4 Å². The Labute approximate surface area is 146 Å². The van der Waals surface area contributed by atoms with Crippen LogP contribution in [0.25, 0.3) is 0 Å². The van der Waals surface area contributed by atoms with Crippen LogP contribution in [0.3, 0.4) is 0 Å². The zero-order chi connectivity index (χ0) is 17.3. The lowest BCUT2D eigenvalue weighted by Crippen LogP contribution is -2.60. The molecule has 0 aliphatic carbocycles. The number of halogens is 1. The Morgan fingerprint density at radius 3 is 3.00 bits per heavy atom. The number of ether oxygens (including phenoxy) is 2. The molecule has 3 rings (SSSR count). The maximum absolute atomic E-state index is 12.6. The second-order valence-corrected chi connectivity index (χ2v) is 8.90. The fourth-order valence-corrected chi connectivity index (χ4v) is 5.30. The lowest BCUT2D eigenvalue weighted by atomic mass is 10.1. The van der Waals surface area contributed by atoms with E-state index < -0.39 is 15.1 Å². The van der Waals surface area contributed by atoms with Gasteiger partial charge in [0.15, 0.2) is 16.4 Å². The van der Waals surface area contributed by atoms with Crippen molar-refractivity contribution in [3.8, 4) is 5.75 Å². The summed E-state index contributed by atoms with van der Waals surface area (Å²) in [6.45, 7) is 2.58. The van der Waals surface area contributed by atoms with Gasteiger partial charge in [-0.3, -0.25) is 4.79 Å². The number of hydrogen-bond acceptors (Lipinski definition) is 5. The zero-order valence-electron chi connectivity index (χ0n) is 13.4. The van der Waals surface area contributed by atoms with Crippen LogP contribution in [0.5, 0.6) is 5.75 Å². The summed E-state index contributed by atoms with van der Waals surface area (Å²) in [5.74, 6) is 0.375. The molecule has 2 fully saturated rings. The lowest BCUT2D eigenvalue weighted by molar-refractivity contribution is -0.137. The number of benzene rings is 1. The molecule has 2 heterocycles. The van der Waals surface area contributed by atoms with E-state index in [1.807, 2.05) is 6.92 Å². The fourth-order valence-electron chi connectivity index (χ4n) is 3.25. The Kier molecular flexibility index (Phi) is 5.03. The molecular weight excluding hydrogens is 354 g/mol. The van der Waals surface area contributed by atoms with Crippen LogP contribution in [0.1, 0.15) is 12.0 Å². The molecule has 0 N–H and O–H groups in total. The van der Waals surface area contributed by atoms with Crippen molar-refractivity contribution in [3.05, 3.63) is 28.8 Å². The molecule has 2 atom stereocenters. The summed E-state index contributed by atoms with van der Waals surface area (Å²) in [4.78, 5) is 14.2. The van der Waals surface area contributed by atoms with Gasteiger partial charge >= 0.3 is 0 Å². The predicted octanol–water partition coefficient (Wildman–Crippen LogP) is 1.44. The van der Waals surface area contributed by atoms with E-state index in [2.05, 4.69) is 0 Å². The van der Waals surface area contributed by atoms with Gasteiger partial charge in [-0.2, -0.15) is 0 Å². The summed E-state index contributed by atoms with van der Waals surface area (Å²) in [7, 11) is -3.20. The van der Waals surface area contributed by atoms with E-state index in [0.717, 1.165) is 5.56 Å². The number of nitrogens with zero attached hydrogens (tertiary/aromatic N) is 1. The minimum absolute atomic E-state index is 0.0246. The molecule has 0 radical (unpaired) electrons. The maximum atomic E-state index is 12.6. The number of aryl methyl sites for hydroxylation is 1. The summed E-state index contributed by atoms with van der Waals surface area (Å²) >= 11 is 5.91. The molecule has 6 nitrogen and oxygen atoms in total. The Morgan fingerprint density at radius 1 is 1.46 bits per heavy atom. The van der Waals surface area contributed by atoms with E-state index in [1.54, 1.807) is 23.1 Å². The van der Waals surface area contributed by atoms with Crippen molar-refractivity contribution in [3.63, 3.8) is 0 Å². The first-order valence-corrected chi connectivity index (χ1v) is 9.95. The molecule has 8 heteroatoms. The number of carbonyl (C=O) groups is 1. The standard InChI is InChI=1S/C16H20ClNO5S/c1-11-8-12(17)2-3-14(11)23-10-16(19)18-5-7-24(20,21)15-9-22-6-4-13(15)18/h2-3,8,13,15H,4-7,9-10H2,1H3/t13-,15+/m0/s1. The van der Waals surface area contributed by atoms with Crippen LogP contribution >= 0.6 is 11.6 Å². The van der Waals surface area contributed by atoms with Gasteiger partial charge in [0, 0.05) is 18.2 Å². The first-order chi connectivity index (χ1) is 11.4. The highest BCUT2D eigenvalue weighted by molar-refractivity contribution is 7.92. The highest BCUT2D eigenvalue weighted by Gasteiger charge is 2.45. The average molecular weight is 374 g/mol. The summed E-state index contributed by atoms with van der Waals surface area (Å²) in [5.41, 5.74) is 0.848. The van der Waals surface area contributed by atoms with Crippen LogP contribution in [0.15, 0.2) is 18.2 Å². The van der Waals surface area contributed by atoms with Crippen LogP contribution < -0.4 is 4.74 Å². The van der Waals surface area contributed by atoms with Crippen molar-refractivity contribution >= 4 is 27.3 Å². The van der Waals surface area contributed by atoms with E-state index >= 15 is 0 Å². The van der Waals surface area contributed by atoms with Crippen molar-refractivity contribution in [2.24, 2.45) is 0 Å². The van der Waals surface area contributed by atoms with Crippen molar-refractivity contribution in [1.82, 2.24) is 4.90 Å². The Balaban J connectivity index is 1.68. The van der Waals surface area contributed by atoms with Crippen LogP contribution in [-0.2, 0) is 19.4 Å². The third-order valence-electron chi connectivity index (χ3n) is 4.56. The molecule has 2 aliphatic heterocycles. The van der Waals surface area contributed by atoms with Crippen LogP contribution in [-0.4, -0.2) is 62.6 Å². The monoisotopic (exact) mass is 373 g/mol. The summed E-state index contributed by atoms with van der Waals surface area (Å²) in [6, 6.07) is 4.88. The highest BCUT2D eigenvalue weighted by atomic mass is 35.5. The minimum atomic E-state index is -3.20. The molecule has 0 aromatic heterocycles. The number of amides is 1. The molecule has 1 aromatic carbocycles. The molecule has 2 saturated heterocycles. The molecular formula is C16H20ClNO5S. The highest BCUT2D eigenvalue weighted by Crippen LogP contribution is 2.27. The molecule has 1 aromatic rings. The van der Waals surface area contributed by atoms with Gasteiger partial charge in [0.1, 0.15) is 11.0 Å². The zero-order valence-corrected chi connectivity index (χ0v) is 15.0. The summed E-state index contributed by atoms with van der Waals surface area (Å²) in [5, 5.41) is -0.0151.